The molecule has 3 aromatic carbocycles. The first kappa shape index (κ1) is 27.7. The normalized spacial score (nSPS) is 11.1. The Labute approximate surface area is 231 Å². The number of carbonyl (C=O) groups is 2. The maximum absolute atomic E-state index is 13.2. The highest BCUT2D eigenvalue weighted by molar-refractivity contribution is 7.90. The number of halogens is 1. The van der Waals surface area contributed by atoms with Crippen LogP contribution in [0.5, 0.6) is 5.75 Å². The fourth-order valence-electron chi connectivity index (χ4n) is 3.94. The first-order valence-electron chi connectivity index (χ1n) is 11.9. The van der Waals surface area contributed by atoms with Crippen LogP contribution in [0.15, 0.2) is 88.4 Å². The van der Waals surface area contributed by atoms with Crippen LogP contribution in [-0.2, 0) is 16.4 Å². The molecule has 202 valence electrons. The molecule has 11 heteroatoms. The highest BCUT2D eigenvalue weighted by atomic mass is 35.5. The zero-order valence-electron chi connectivity index (χ0n) is 21.2. The van der Waals surface area contributed by atoms with Crippen molar-refractivity contribution in [2.75, 3.05) is 20.7 Å². The maximum Gasteiger partial charge on any atom is 0.328 e. The van der Waals surface area contributed by atoms with Crippen LogP contribution in [0, 0.1) is 0 Å². The largest absolute Gasteiger partial charge is 0.496 e. The van der Waals surface area contributed by atoms with Gasteiger partial charge in [-0.25, -0.2) is 17.9 Å². The average molecular weight is 568 g/mol. The summed E-state index contributed by atoms with van der Waals surface area (Å²) >= 11 is 6.02. The van der Waals surface area contributed by atoms with Gasteiger partial charge < -0.3 is 19.8 Å². The van der Waals surface area contributed by atoms with Gasteiger partial charge in [0, 0.05) is 29.7 Å². The van der Waals surface area contributed by atoms with Gasteiger partial charge in [0.05, 0.1) is 23.8 Å². The van der Waals surface area contributed by atoms with E-state index in [1.807, 2.05) is 22.9 Å². The van der Waals surface area contributed by atoms with E-state index in [1.165, 1.54) is 26.3 Å². The predicted molar refractivity (Wildman–Crippen MR) is 148 cm³/mol. The first-order valence-corrected chi connectivity index (χ1v) is 13.7. The fraction of sp³-hybridized carbons (Fsp3) is 0.143. The van der Waals surface area contributed by atoms with Crippen molar-refractivity contribution in [3.8, 4) is 28.2 Å². The molecule has 0 saturated heterocycles. The Morgan fingerprint density at radius 1 is 0.974 bits per heavy atom. The molecule has 0 saturated carbocycles. The molecule has 9 nitrogen and oxygen atoms in total. The molecular weight excluding hydrogens is 542 g/mol. The van der Waals surface area contributed by atoms with Gasteiger partial charge in [-0.15, -0.1) is 0 Å². The summed E-state index contributed by atoms with van der Waals surface area (Å²) < 4.78 is 39.0. The molecule has 0 atom stereocenters. The molecule has 0 aliphatic carbocycles. The lowest BCUT2D eigenvalue weighted by atomic mass is 10.0. The van der Waals surface area contributed by atoms with Crippen molar-refractivity contribution in [1.82, 2.24) is 15.4 Å². The molecule has 1 heterocycles. The predicted octanol–water partition coefficient (Wildman–Crippen LogP) is 4.87. The number of urea groups is 1. The number of amides is 3. The summed E-state index contributed by atoms with van der Waals surface area (Å²) in [6, 6.07) is 19.7. The molecule has 3 amide bonds. The second kappa shape index (κ2) is 12.1. The third kappa shape index (κ3) is 6.60. The lowest BCUT2D eigenvalue weighted by molar-refractivity contribution is 0.0951. The highest BCUT2D eigenvalue weighted by Crippen LogP contribution is 2.31. The number of ether oxygens (including phenoxy) is 1. The summed E-state index contributed by atoms with van der Waals surface area (Å²) in [6.07, 6.45) is 1.90. The molecule has 0 unspecified atom stereocenters. The Hall–Kier alpha value is -4.28. The second-order valence-electron chi connectivity index (χ2n) is 8.42. The molecule has 3 N–H and O–H groups in total. The van der Waals surface area contributed by atoms with Crippen molar-refractivity contribution in [1.29, 1.82) is 0 Å². The number of nitrogens with one attached hydrogen (secondary N) is 3. The summed E-state index contributed by atoms with van der Waals surface area (Å²) in [7, 11) is -1.44. The number of carbonyl (C=O) groups excluding carboxylic acids is 2. The van der Waals surface area contributed by atoms with E-state index in [1.54, 1.807) is 48.7 Å². The Morgan fingerprint density at radius 3 is 2.38 bits per heavy atom. The molecular formula is C28H26ClN3O6S. The van der Waals surface area contributed by atoms with Crippen LogP contribution in [0.3, 0.4) is 0 Å². The summed E-state index contributed by atoms with van der Waals surface area (Å²) in [5.74, 6) is 0.688. The van der Waals surface area contributed by atoms with Crippen LogP contribution >= 0.6 is 11.6 Å². The van der Waals surface area contributed by atoms with Crippen LogP contribution in [0.2, 0.25) is 5.02 Å². The summed E-state index contributed by atoms with van der Waals surface area (Å²) in [4.78, 5) is 24.5. The van der Waals surface area contributed by atoms with Crippen molar-refractivity contribution in [3.05, 3.63) is 95.2 Å². The standard InChI is InChI=1S/C28H26ClN3O6S/c1-30-28(34)32-39(35,36)26-16-18(13-14-31-27(33)23-17-21(29)10-12-25(23)37-2)5-11-22(26)19-6-8-20(9-7-19)24-4-3-15-38-24/h3-12,15-17H,13-14H2,1-2H3,(H,31,33)(H2,30,32,34). The summed E-state index contributed by atoms with van der Waals surface area (Å²) in [5, 5.41) is 5.45. The van der Waals surface area contributed by atoms with Gasteiger partial charge in [-0.3, -0.25) is 4.79 Å². The maximum atomic E-state index is 13.2. The van der Waals surface area contributed by atoms with Crippen LogP contribution in [-0.4, -0.2) is 41.1 Å². The lowest BCUT2D eigenvalue weighted by Crippen LogP contribution is -2.37. The van der Waals surface area contributed by atoms with Crippen LogP contribution in [0.4, 0.5) is 4.79 Å². The Balaban J connectivity index is 1.59. The molecule has 0 spiro atoms. The van der Waals surface area contributed by atoms with Gasteiger partial charge in [0.15, 0.2) is 0 Å². The quantitative estimate of drug-likeness (QED) is 0.265. The summed E-state index contributed by atoms with van der Waals surface area (Å²) in [6.45, 7) is 0.216. The number of hydrogen-bond acceptors (Lipinski definition) is 6. The van der Waals surface area contributed by atoms with Crippen molar-refractivity contribution in [3.63, 3.8) is 0 Å². The average Bonchev–Trinajstić information content (AvgIpc) is 3.48. The van der Waals surface area contributed by atoms with E-state index < -0.39 is 16.1 Å². The number of furan rings is 1. The molecule has 0 radical (unpaired) electrons. The van der Waals surface area contributed by atoms with Gasteiger partial charge >= 0.3 is 6.03 Å². The number of hydrogen-bond donors (Lipinski definition) is 3. The fourth-order valence-corrected chi connectivity index (χ4v) is 5.35. The van der Waals surface area contributed by atoms with Crippen molar-refractivity contribution >= 4 is 33.6 Å². The van der Waals surface area contributed by atoms with E-state index in [2.05, 4.69) is 10.6 Å². The van der Waals surface area contributed by atoms with Gasteiger partial charge in [0.2, 0.25) is 0 Å². The van der Waals surface area contributed by atoms with E-state index in [9.17, 15) is 18.0 Å². The molecule has 39 heavy (non-hydrogen) atoms. The van der Waals surface area contributed by atoms with Gasteiger partial charge in [0.1, 0.15) is 11.5 Å². The van der Waals surface area contributed by atoms with Gasteiger partial charge in [-0.05, 0) is 53.9 Å². The number of methoxy groups -OCH3 is 1. The molecule has 0 aliphatic rings. The van der Waals surface area contributed by atoms with Crippen molar-refractivity contribution in [2.45, 2.75) is 11.3 Å². The van der Waals surface area contributed by atoms with E-state index in [-0.39, 0.29) is 22.9 Å². The third-order valence-electron chi connectivity index (χ3n) is 5.90. The molecule has 0 aliphatic heterocycles. The Morgan fingerprint density at radius 2 is 1.72 bits per heavy atom. The van der Waals surface area contributed by atoms with E-state index in [0.717, 1.165) is 5.56 Å². The zero-order chi connectivity index (χ0) is 28.0. The Kier molecular flexibility index (Phi) is 8.58. The second-order valence-corrected chi connectivity index (χ2v) is 10.5. The first-order chi connectivity index (χ1) is 18.7. The molecule has 1 aromatic heterocycles. The molecule has 0 bridgehead atoms. The van der Waals surface area contributed by atoms with Crippen LogP contribution in [0.25, 0.3) is 22.5 Å². The molecule has 4 rings (SSSR count). The van der Waals surface area contributed by atoms with Gasteiger partial charge in [0.25, 0.3) is 15.9 Å². The zero-order valence-corrected chi connectivity index (χ0v) is 22.7. The summed E-state index contributed by atoms with van der Waals surface area (Å²) in [5.41, 5.74) is 2.81. The van der Waals surface area contributed by atoms with Crippen molar-refractivity contribution in [2.24, 2.45) is 0 Å². The smallest absolute Gasteiger partial charge is 0.328 e. The van der Waals surface area contributed by atoms with E-state index in [4.69, 9.17) is 20.8 Å². The number of sulfonamides is 1. The third-order valence-corrected chi connectivity index (χ3v) is 7.50. The minimum atomic E-state index is -4.22. The van der Waals surface area contributed by atoms with Gasteiger partial charge in [-0.2, -0.15) is 0 Å². The molecule has 0 fully saturated rings. The monoisotopic (exact) mass is 567 g/mol. The Bertz CT molecular complexity index is 1590. The van der Waals surface area contributed by atoms with E-state index in [0.29, 0.717) is 39.6 Å². The minimum absolute atomic E-state index is 0.0721. The van der Waals surface area contributed by atoms with Crippen LogP contribution in [0.1, 0.15) is 15.9 Å². The molecule has 4 aromatic rings. The lowest BCUT2D eigenvalue weighted by Gasteiger charge is -2.14. The minimum Gasteiger partial charge on any atom is -0.496 e. The van der Waals surface area contributed by atoms with Gasteiger partial charge in [-0.1, -0.05) is 48.0 Å². The highest BCUT2D eigenvalue weighted by Gasteiger charge is 2.23. The van der Waals surface area contributed by atoms with Crippen molar-refractivity contribution < 1.29 is 27.2 Å². The SMILES string of the molecule is CNC(=O)NS(=O)(=O)c1cc(CCNC(=O)c2cc(Cl)ccc2OC)ccc1-c1ccc(-c2ccco2)cc1. The van der Waals surface area contributed by atoms with Crippen LogP contribution < -0.4 is 20.1 Å². The topological polar surface area (TPSA) is 127 Å². The number of benzene rings is 3. The number of rotatable bonds is 9. The van der Waals surface area contributed by atoms with E-state index >= 15 is 0 Å².